The summed E-state index contributed by atoms with van der Waals surface area (Å²) >= 11 is 0. The van der Waals surface area contributed by atoms with E-state index in [1.807, 2.05) is 51.9 Å². The molecular formula is C24H29N3O4S. The normalized spacial score (nSPS) is 24.5. The number of benzene rings is 2. The van der Waals surface area contributed by atoms with E-state index in [0.717, 1.165) is 5.69 Å². The van der Waals surface area contributed by atoms with Crippen LogP contribution in [0.5, 0.6) is 0 Å². The minimum absolute atomic E-state index is 0.00498. The number of fused-ring (bicyclic) bond motifs is 2. The Labute approximate surface area is 189 Å². The van der Waals surface area contributed by atoms with Crippen molar-refractivity contribution in [3.05, 3.63) is 48.5 Å². The third-order valence-corrected chi connectivity index (χ3v) is 8.82. The van der Waals surface area contributed by atoms with Crippen molar-refractivity contribution in [1.29, 1.82) is 0 Å². The minimum atomic E-state index is -3.90. The number of sulfonamides is 1. The summed E-state index contributed by atoms with van der Waals surface area (Å²) in [6.45, 7) is 5.86. The van der Waals surface area contributed by atoms with Gasteiger partial charge >= 0.3 is 0 Å². The number of nitrogens with zero attached hydrogens (tertiary/aromatic N) is 2. The molecule has 1 saturated heterocycles. The van der Waals surface area contributed by atoms with Crippen molar-refractivity contribution < 1.29 is 18.0 Å². The lowest BCUT2D eigenvalue weighted by atomic mass is 9.62. The summed E-state index contributed by atoms with van der Waals surface area (Å²) in [6, 6.07) is 13.0. The van der Waals surface area contributed by atoms with E-state index in [2.05, 4.69) is 4.72 Å². The van der Waals surface area contributed by atoms with Gasteiger partial charge in [-0.1, -0.05) is 26.8 Å². The maximum absolute atomic E-state index is 13.4. The number of nitrogens with one attached hydrogen (secondary N) is 1. The van der Waals surface area contributed by atoms with E-state index >= 15 is 0 Å². The Balaban J connectivity index is 1.65. The van der Waals surface area contributed by atoms with Gasteiger partial charge in [-0.05, 0) is 60.7 Å². The number of carbonyl (C=O) groups excluding carboxylic acids is 2. The van der Waals surface area contributed by atoms with Crippen LogP contribution in [0, 0.1) is 16.7 Å². The van der Waals surface area contributed by atoms with Gasteiger partial charge in [0.25, 0.3) is 10.0 Å². The fraction of sp³-hybridized carbons (Fsp3) is 0.417. The van der Waals surface area contributed by atoms with Crippen LogP contribution < -0.4 is 14.5 Å². The lowest BCUT2D eigenvalue weighted by Crippen LogP contribution is -2.59. The molecule has 0 spiro atoms. The largest absolute Gasteiger partial charge is 0.378 e. The van der Waals surface area contributed by atoms with Gasteiger partial charge in [-0.3, -0.25) is 14.3 Å². The molecule has 7 nitrogen and oxygen atoms in total. The Morgan fingerprint density at radius 2 is 1.69 bits per heavy atom. The number of amides is 2. The van der Waals surface area contributed by atoms with Gasteiger partial charge < -0.3 is 4.90 Å². The molecule has 32 heavy (non-hydrogen) atoms. The second-order valence-corrected chi connectivity index (χ2v) is 11.4. The van der Waals surface area contributed by atoms with Gasteiger partial charge in [0, 0.05) is 31.4 Å². The maximum Gasteiger partial charge on any atom is 0.261 e. The highest BCUT2D eigenvalue weighted by Gasteiger charge is 2.64. The van der Waals surface area contributed by atoms with Gasteiger partial charge in [-0.2, -0.15) is 0 Å². The van der Waals surface area contributed by atoms with Gasteiger partial charge in [0.15, 0.2) is 0 Å². The lowest BCUT2D eigenvalue weighted by Gasteiger charge is -2.47. The number of rotatable bonds is 5. The molecule has 2 bridgehead atoms. The molecule has 1 aliphatic carbocycles. The van der Waals surface area contributed by atoms with E-state index in [9.17, 15) is 18.0 Å². The van der Waals surface area contributed by atoms with E-state index in [1.165, 1.54) is 17.0 Å². The van der Waals surface area contributed by atoms with Crippen LogP contribution in [-0.2, 0) is 19.6 Å². The minimum Gasteiger partial charge on any atom is -0.378 e. The summed E-state index contributed by atoms with van der Waals surface area (Å²) in [5, 5.41) is 0. The Kier molecular flexibility index (Phi) is 5.12. The molecule has 2 amide bonds. The summed E-state index contributed by atoms with van der Waals surface area (Å²) in [6.07, 6.45) is 1.31. The van der Waals surface area contributed by atoms with Gasteiger partial charge in [0.2, 0.25) is 11.8 Å². The van der Waals surface area contributed by atoms with Crippen LogP contribution >= 0.6 is 0 Å². The summed E-state index contributed by atoms with van der Waals surface area (Å²) in [7, 11) is -0.0962. The number of hydrogen-bond acceptors (Lipinski definition) is 5. The van der Waals surface area contributed by atoms with E-state index in [4.69, 9.17) is 0 Å². The first-order valence-corrected chi connectivity index (χ1v) is 12.2. The predicted molar refractivity (Wildman–Crippen MR) is 125 cm³/mol. The zero-order chi connectivity index (χ0) is 23.5. The number of hydrogen-bond donors (Lipinski definition) is 1. The summed E-state index contributed by atoms with van der Waals surface area (Å²) in [5.74, 6) is -0.779. The van der Waals surface area contributed by atoms with Crippen LogP contribution in [0.4, 0.5) is 17.1 Å². The lowest BCUT2D eigenvalue weighted by molar-refractivity contribution is -0.146. The van der Waals surface area contributed by atoms with E-state index in [0.29, 0.717) is 24.2 Å². The zero-order valence-electron chi connectivity index (χ0n) is 19.0. The molecule has 170 valence electrons. The van der Waals surface area contributed by atoms with Gasteiger partial charge in [0.05, 0.1) is 16.0 Å². The fourth-order valence-corrected chi connectivity index (χ4v) is 5.99. The summed E-state index contributed by atoms with van der Waals surface area (Å²) in [4.78, 5) is 29.7. The van der Waals surface area contributed by atoms with Crippen LogP contribution in [0.3, 0.4) is 0 Å². The highest BCUT2D eigenvalue weighted by Crippen LogP contribution is 2.60. The van der Waals surface area contributed by atoms with Crippen LogP contribution in [0.25, 0.3) is 0 Å². The number of anilines is 3. The molecule has 1 saturated carbocycles. The highest BCUT2D eigenvalue weighted by molar-refractivity contribution is 7.92. The molecular weight excluding hydrogens is 426 g/mol. The van der Waals surface area contributed by atoms with Crippen molar-refractivity contribution in [3.8, 4) is 0 Å². The van der Waals surface area contributed by atoms with E-state index < -0.39 is 20.9 Å². The average molecular weight is 456 g/mol. The van der Waals surface area contributed by atoms with Crippen molar-refractivity contribution in [1.82, 2.24) is 0 Å². The van der Waals surface area contributed by atoms with E-state index in [1.54, 1.807) is 24.3 Å². The monoisotopic (exact) mass is 455 g/mol. The molecule has 1 heterocycles. The fourth-order valence-electron chi connectivity index (χ4n) is 4.89. The van der Waals surface area contributed by atoms with Crippen LogP contribution in [0.15, 0.2) is 53.4 Å². The highest BCUT2D eigenvalue weighted by atomic mass is 32.2. The predicted octanol–water partition coefficient (Wildman–Crippen LogP) is 3.87. The molecule has 2 aromatic carbocycles. The number of piperidine rings is 1. The summed E-state index contributed by atoms with van der Waals surface area (Å²) < 4.78 is 28.6. The van der Waals surface area contributed by atoms with Gasteiger partial charge in [0.1, 0.15) is 0 Å². The van der Waals surface area contributed by atoms with Crippen molar-refractivity contribution in [2.24, 2.45) is 16.7 Å². The van der Waals surface area contributed by atoms with Crippen molar-refractivity contribution in [3.63, 3.8) is 0 Å². The Morgan fingerprint density at radius 3 is 2.31 bits per heavy atom. The Hall–Kier alpha value is -2.87. The zero-order valence-corrected chi connectivity index (χ0v) is 19.9. The van der Waals surface area contributed by atoms with Crippen molar-refractivity contribution in [2.75, 3.05) is 28.6 Å². The van der Waals surface area contributed by atoms with Gasteiger partial charge in [-0.25, -0.2) is 13.3 Å². The molecule has 8 heteroatoms. The SMILES string of the molecule is CN(C)c1ccc(NS(=O)(=O)c2cccc(N3C(=O)[C@H]4CC[C@@](C)(C3=O)C4(C)C)c2)cc1. The molecule has 2 aliphatic rings. The van der Waals surface area contributed by atoms with Crippen LogP contribution in [-0.4, -0.2) is 34.3 Å². The topological polar surface area (TPSA) is 86.8 Å². The summed E-state index contributed by atoms with van der Waals surface area (Å²) in [5.41, 5.74) is 0.579. The first-order valence-electron chi connectivity index (χ1n) is 10.7. The Morgan fingerprint density at radius 1 is 1.03 bits per heavy atom. The van der Waals surface area contributed by atoms with Crippen molar-refractivity contribution >= 4 is 38.9 Å². The van der Waals surface area contributed by atoms with Crippen molar-refractivity contribution in [2.45, 2.75) is 38.5 Å². The molecule has 4 rings (SSSR count). The molecule has 2 fully saturated rings. The molecule has 2 atom stereocenters. The number of carbonyl (C=O) groups is 2. The smallest absolute Gasteiger partial charge is 0.261 e. The Bertz CT molecular complexity index is 1190. The third kappa shape index (κ3) is 3.28. The second-order valence-electron chi connectivity index (χ2n) is 9.67. The quantitative estimate of drug-likeness (QED) is 0.692. The van der Waals surface area contributed by atoms with Gasteiger partial charge in [-0.15, -0.1) is 0 Å². The molecule has 1 aliphatic heterocycles. The molecule has 0 radical (unpaired) electrons. The number of imide groups is 1. The molecule has 0 aromatic heterocycles. The third-order valence-electron chi connectivity index (χ3n) is 7.44. The first-order chi connectivity index (χ1) is 14.9. The molecule has 0 unspecified atom stereocenters. The maximum atomic E-state index is 13.4. The van der Waals surface area contributed by atoms with Crippen LogP contribution in [0.1, 0.15) is 33.6 Å². The first kappa shape index (κ1) is 22.3. The van der Waals surface area contributed by atoms with E-state index in [-0.39, 0.29) is 22.6 Å². The standard InChI is InChI=1S/C24H29N3O4S/c1-23(2)20-13-14-24(23,3)22(29)27(21(20)28)18-7-6-8-19(15-18)32(30,31)25-16-9-11-17(12-10-16)26(4)5/h6-12,15,20,25H,13-14H2,1-5H3/t20-,24+/m1/s1. The molecule has 1 N–H and O–H groups in total. The average Bonchev–Trinajstić information content (AvgIpc) is 2.91. The van der Waals surface area contributed by atoms with Crippen LogP contribution in [0.2, 0.25) is 0 Å². The second kappa shape index (κ2) is 7.33. The molecule has 2 aromatic rings.